The maximum atomic E-state index is 14.3. The quantitative estimate of drug-likeness (QED) is 0.159. The Kier molecular flexibility index (Phi) is 7.17. The highest BCUT2D eigenvalue weighted by Crippen LogP contribution is 2.26. The minimum absolute atomic E-state index is 0.144. The van der Waals surface area contributed by atoms with Crippen LogP contribution < -0.4 is 10.1 Å². The summed E-state index contributed by atoms with van der Waals surface area (Å²) in [7, 11) is -1.77. The normalized spacial score (nSPS) is 12.8. The number of aromatic amines is 1. The number of benzene rings is 4. The summed E-state index contributed by atoms with van der Waals surface area (Å²) in [4.78, 5) is 8.46. The summed E-state index contributed by atoms with van der Waals surface area (Å²) in [5.74, 6) is -0.339. The fourth-order valence-corrected chi connectivity index (χ4v) is 5.96. The molecule has 6 rings (SSSR count). The number of nitrogens with one attached hydrogen (secondary N) is 2. The average Bonchev–Trinajstić information content (AvgIpc) is 3.38. The Hall–Kier alpha value is -4.67. The molecule has 0 atom stereocenters. The molecule has 2 aromatic heterocycles. The second-order valence-corrected chi connectivity index (χ2v) is 11.4. The molecule has 2 N–H and O–H groups in total. The highest BCUT2D eigenvalue weighted by atomic mass is 32.2. The number of H-pyrrole nitrogens is 1. The first kappa shape index (κ1) is 26.5. The van der Waals surface area contributed by atoms with Gasteiger partial charge in [-0.05, 0) is 67.1 Å². The van der Waals surface area contributed by atoms with Gasteiger partial charge in [0.1, 0.15) is 11.5 Å². The maximum Gasteiger partial charge on any atom is 0.240 e. The van der Waals surface area contributed by atoms with Crippen molar-refractivity contribution in [1.82, 2.24) is 14.3 Å². The summed E-state index contributed by atoms with van der Waals surface area (Å²) in [5.41, 5.74) is 3.96. The smallest absolute Gasteiger partial charge is 0.240 e. The molecule has 0 aliphatic carbocycles. The van der Waals surface area contributed by atoms with Crippen molar-refractivity contribution in [2.75, 3.05) is 13.1 Å². The Balaban J connectivity index is 1.20. The molecule has 2 heterocycles. The van der Waals surface area contributed by atoms with Crippen LogP contribution in [-0.4, -0.2) is 31.1 Å². The number of sulfonamides is 1. The van der Waals surface area contributed by atoms with E-state index in [4.69, 9.17) is 4.99 Å². The third kappa shape index (κ3) is 5.39. The van der Waals surface area contributed by atoms with E-state index in [0.717, 1.165) is 27.5 Å². The van der Waals surface area contributed by atoms with Crippen molar-refractivity contribution < 1.29 is 12.8 Å². The Morgan fingerprint density at radius 3 is 2.34 bits per heavy atom. The molecule has 4 aromatic carbocycles. The molecular formula is C31H27FN6O2S. The van der Waals surface area contributed by atoms with Gasteiger partial charge in [0, 0.05) is 36.4 Å². The minimum atomic E-state index is -3.71. The van der Waals surface area contributed by atoms with Gasteiger partial charge in [-0.1, -0.05) is 36.4 Å². The van der Waals surface area contributed by atoms with Crippen LogP contribution in [-0.2, 0) is 17.1 Å². The topological polar surface area (TPSA) is 104 Å². The first-order chi connectivity index (χ1) is 19.9. The molecule has 0 spiro atoms. The lowest BCUT2D eigenvalue weighted by atomic mass is 10.1. The molecule has 0 unspecified atom stereocenters. The van der Waals surface area contributed by atoms with Crippen molar-refractivity contribution in [3.63, 3.8) is 0 Å². The fourth-order valence-electron chi connectivity index (χ4n) is 4.89. The Morgan fingerprint density at radius 1 is 0.854 bits per heavy atom. The summed E-state index contributed by atoms with van der Waals surface area (Å²) in [6, 6.07) is 28.2. The van der Waals surface area contributed by atoms with Gasteiger partial charge in [0.25, 0.3) is 0 Å². The van der Waals surface area contributed by atoms with E-state index in [1.807, 2.05) is 66.2 Å². The van der Waals surface area contributed by atoms with Crippen LogP contribution in [0.5, 0.6) is 0 Å². The molecule has 0 aliphatic heterocycles. The monoisotopic (exact) mass is 566 g/mol. The van der Waals surface area contributed by atoms with Crippen molar-refractivity contribution in [2.24, 2.45) is 22.3 Å². The molecule has 8 nitrogen and oxygen atoms in total. The third-order valence-corrected chi connectivity index (χ3v) is 8.39. The lowest BCUT2D eigenvalue weighted by molar-refractivity contribution is 0.579. The maximum absolute atomic E-state index is 14.3. The zero-order valence-electron chi connectivity index (χ0n) is 22.3. The number of rotatable bonds is 8. The van der Waals surface area contributed by atoms with Gasteiger partial charge in [-0.15, -0.1) is 0 Å². The van der Waals surface area contributed by atoms with Crippen LogP contribution in [0.2, 0.25) is 0 Å². The van der Waals surface area contributed by atoms with Crippen molar-refractivity contribution in [2.45, 2.75) is 11.3 Å². The number of aromatic nitrogens is 2. The van der Waals surface area contributed by atoms with E-state index in [1.165, 1.54) is 24.3 Å². The third-order valence-electron chi connectivity index (χ3n) is 6.91. The highest BCUT2D eigenvalue weighted by molar-refractivity contribution is 7.89. The molecule has 0 bridgehead atoms. The van der Waals surface area contributed by atoms with Crippen LogP contribution in [0.15, 0.2) is 117 Å². The predicted molar refractivity (Wildman–Crippen MR) is 160 cm³/mol. The molecule has 6 aromatic rings. The zero-order chi connectivity index (χ0) is 28.4. The minimum Gasteiger partial charge on any atom is -0.341 e. The van der Waals surface area contributed by atoms with Crippen LogP contribution in [0, 0.1) is 5.82 Å². The van der Waals surface area contributed by atoms with Gasteiger partial charge < -0.3 is 9.55 Å². The molecule has 0 aliphatic rings. The molecule has 41 heavy (non-hydrogen) atoms. The lowest BCUT2D eigenvalue weighted by Crippen LogP contribution is -2.25. The number of pyridine rings is 1. The summed E-state index contributed by atoms with van der Waals surface area (Å²) in [6.45, 7) is 0.556. The van der Waals surface area contributed by atoms with Crippen molar-refractivity contribution in [3.8, 4) is 0 Å². The largest absolute Gasteiger partial charge is 0.341 e. The average molecular weight is 567 g/mol. The fraction of sp³-hybridized carbons (Fsp3) is 0.129. The van der Waals surface area contributed by atoms with Crippen LogP contribution in [0.4, 0.5) is 15.8 Å². The second kappa shape index (κ2) is 11.1. The van der Waals surface area contributed by atoms with Gasteiger partial charge >= 0.3 is 0 Å². The zero-order valence-corrected chi connectivity index (χ0v) is 23.1. The highest BCUT2D eigenvalue weighted by Gasteiger charge is 2.15. The molecule has 0 amide bonds. The number of hydrogen-bond donors (Lipinski definition) is 2. The summed E-state index contributed by atoms with van der Waals surface area (Å²) < 4.78 is 44.7. The van der Waals surface area contributed by atoms with E-state index in [2.05, 4.69) is 19.9 Å². The van der Waals surface area contributed by atoms with E-state index in [0.29, 0.717) is 35.1 Å². The van der Waals surface area contributed by atoms with Gasteiger partial charge in [-0.2, -0.15) is 10.2 Å². The number of azo groups is 1. The van der Waals surface area contributed by atoms with Crippen LogP contribution in [0.1, 0.15) is 6.42 Å². The molecule has 0 fully saturated rings. The first-order valence-corrected chi connectivity index (χ1v) is 14.6. The molecule has 0 radical (unpaired) electrons. The standard InChI is InChI=1S/C31H27FN6O2S/c1-38-28-17-12-21(32)20-26(28)30(29-25-10-5-6-11-27(25)35-31(29)38)33-18-7-19-34-41(39,40)24-15-13-23(14-16-24)37-36-22-8-3-2-4-9-22/h2-6,8-17,20,34-35H,7,18-19H2,1H3. The van der Waals surface area contributed by atoms with E-state index in [1.54, 1.807) is 18.2 Å². The van der Waals surface area contributed by atoms with Crippen molar-refractivity contribution in [1.29, 1.82) is 0 Å². The lowest BCUT2D eigenvalue weighted by Gasteiger charge is -2.10. The number of halogens is 1. The SMILES string of the molecule is Cn1c2ccc(F)cc2c(=NCCCNS(=O)(=O)c2ccc(N=Nc3ccccc3)cc2)c2c3ccccc3[nH]c21. The number of para-hydroxylation sites is 1. The van der Waals surface area contributed by atoms with E-state index >= 15 is 0 Å². The van der Waals surface area contributed by atoms with Crippen molar-refractivity contribution in [3.05, 3.63) is 108 Å². The molecule has 206 valence electrons. The van der Waals surface area contributed by atoms with Gasteiger partial charge in [0.2, 0.25) is 10.0 Å². The summed E-state index contributed by atoms with van der Waals surface area (Å²) in [6.07, 6.45) is 0.463. The number of hydrogen-bond acceptors (Lipinski definition) is 5. The van der Waals surface area contributed by atoms with Crippen LogP contribution in [0.3, 0.4) is 0 Å². The van der Waals surface area contributed by atoms with Gasteiger partial charge in [-0.3, -0.25) is 4.99 Å². The number of fused-ring (bicyclic) bond motifs is 4. The predicted octanol–water partition coefficient (Wildman–Crippen LogP) is 6.64. The Morgan fingerprint density at radius 2 is 1.56 bits per heavy atom. The first-order valence-electron chi connectivity index (χ1n) is 13.2. The van der Waals surface area contributed by atoms with Gasteiger partial charge in [0.05, 0.1) is 32.5 Å². The molecular weight excluding hydrogens is 539 g/mol. The van der Waals surface area contributed by atoms with Crippen molar-refractivity contribution >= 4 is 54.2 Å². The Bertz CT molecular complexity index is 2080. The Labute approximate surface area is 236 Å². The van der Waals surface area contributed by atoms with Gasteiger partial charge in [0.15, 0.2) is 0 Å². The van der Waals surface area contributed by atoms with Gasteiger partial charge in [-0.25, -0.2) is 17.5 Å². The van der Waals surface area contributed by atoms with E-state index in [9.17, 15) is 12.8 Å². The molecule has 10 heteroatoms. The second-order valence-electron chi connectivity index (χ2n) is 9.63. The number of nitrogens with zero attached hydrogens (tertiary/aromatic N) is 4. The van der Waals surface area contributed by atoms with Crippen LogP contribution in [0.25, 0.3) is 32.8 Å². The number of aryl methyl sites for hydroxylation is 1. The summed E-state index contributed by atoms with van der Waals surface area (Å²) >= 11 is 0. The molecule has 0 saturated carbocycles. The van der Waals surface area contributed by atoms with E-state index in [-0.39, 0.29) is 17.3 Å². The van der Waals surface area contributed by atoms with E-state index < -0.39 is 10.0 Å². The molecule has 0 saturated heterocycles. The van der Waals surface area contributed by atoms with Crippen LogP contribution >= 0.6 is 0 Å². The summed E-state index contributed by atoms with van der Waals surface area (Å²) in [5, 5.41) is 11.6.